The Labute approximate surface area is 89.6 Å². The van der Waals surface area contributed by atoms with E-state index in [1.54, 1.807) is 0 Å². The molecular weight excluding hydrogens is 200 g/mol. The molecule has 2 aliphatic rings. The van der Waals surface area contributed by atoms with Crippen LogP contribution in [-0.2, 0) is 4.74 Å². The second-order valence-electron chi connectivity index (χ2n) is 5.09. The molecule has 0 aliphatic carbocycles. The molecule has 0 amide bonds. The van der Waals surface area contributed by atoms with Gasteiger partial charge in [-0.3, -0.25) is 4.90 Å². The molecule has 2 heterocycles. The Morgan fingerprint density at radius 1 is 1.27 bits per heavy atom. The van der Waals surface area contributed by atoms with Crippen molar-refractivity contribution in [1.29, 1.82) is 0 Å². The van der Waals surface area contributed by atoms with Gasteiger partial charge in [-0.1, -0.05) is 0 Å². The Kier molecular flexibility index (Phi) is 2.99. The second kappa shape index (κ2) is 3.98. The monoisotopic (exact) mass is 219 g/mol. The number of ether oxygens (including phenoxy) is 1. The van der Waals surface area contributed by atoms with Crippen molar-refractivity contribution >= 4 is 0 Å². The Morgan fingerprint density at radius 3 is 2.27 bits per heavy atom. The molecule has 0 radical (unpaired) electrons. The van der Waals surface area contributed by atoms with E-state index in [4.69, 9.17) is 4.74 Å². The number of rotatable bonds is 3. The van der Waals surface area contributed by atoms with Gasteiger partial charge >= 0.3 is 0 Å². The lowest BCUT2D eigenvalue weighted by atomic mass is 9.94. The van der Waals surface area contributed by atoms with Crippen molar-refractivity contribution in [2.24, 2.45) is 0 Å². The topological polar surface area (TPSA) is 12.5 Å². The number of nitrogens with zero attached hydrogens (tertiary/aromatic N) is 1. The highest BCUT2D eigenvalue weighted by Gasteiger charge is 2.52. The third-order valence-electron chi connectivity index (χ3n) is 3.40. The van der Waals surface area contributed by atoms with E-state index in [1.807, 2.05) is 18.7 Å². The van der Waals surface area contributed by atoms with Gasteiger partial charge in [0.25, 0.3) is 0 Å². The van der Waals surface area contributed by atoms with E-state index in [0.29, 0.717) is 32.5 Å². The first-order valence-electron chi connectivity index (χ1n) is 5.67. The van der Waals surface area contributed by atoms with Crippen LogP contribution in [0.25, 0.3) is 0 Å². The van der Waals surface area contributed by atoms with E-state index < -0.39 is 12.3 Å². The first-order chi connectivity index (χ1) is 7.02. The molecule has 0 N–H and O–H groups in total. The molecule has 0 aromatic carbocycles. The molecule has 15 heavy (non-hydrogen) atoms. The minimum Gasteiger partial charge on any atom is -0.377 e. The lowest BCUT2D eigenvalue weighted by Crippen LogP contribution is -2.43. The van der Waals surface area contributed by atoms with Crippen molar-refractivity contribution in [3.63, 3.8) is 0 Å². The van der Waals surface area contributed by atoms with Crippen molar-refractivity contribution in [1.82, 2.24) is 4.90 Å². The summed E-state index contributed by atoms with van der Waals surface area (Å²) in [5, 5.41) is 0. The zero-order valence-corrected chi connectivity index (χ0v) is 9.38. The lowest BCUT2D eigenvalue weighted by Gasteiger charge is -2.31. The van der Waals surface area contributed by atoms with Crippen LogP contribution in [0, 0.1) is 0 Å². The Balaban J connectivity index is 2.02. The summed E-state index contributed by atoms with van der Waals surface area (Å²) >= 11 is 0. The highest BCUT2D eigenvalue weighted by molar-refractivity contribution is 5.06. The summed E-state index contributed by atoms with van der Waals surface area (Å²) in [6, 6.07) is 0. The van der Waals surface area contributed by atoms with Crippen molar-refractivity contribution in [2.75, 3.05) is 19.7 Å². The van der Waals surface area contributed by atoms with Gasteiger partial charge in [0.15, 0.2) is 0 Å². The molecule has 0 aromatic rings. The number of halogens is 2. The van der Waals surface area contributed by atoms with Gasteiger partial charge in [0.1, 0.15) is 12.3 Å². The first-order valence-corrected chi connectivity index (χ1v) is 5.67. The van der Waals surface area contributed by atoms with E-state index in [9.17, 15) is 8.78 Å². The van der Waals surface area contributed by atoms with Gasteiger partial charge in [-0.25, -0.2) is 8.78 Å². The van der Waals surface area contributed by atoms with Crippen LogP contribution in [0.15, 0.2) is 0 Å². The van der Waals surface area contributed by atoms with Crippen molar-refractivity contribution in [3.8, 4) is 0 Å². The molecule has 2 fully saturated rings. The van der Waals surface area contributed by atoms with E-state index in [0.717, 1.165) is 0 Å². The molecule has 2 aliphatic heterocycles. The smallest absolute Gasteiger partial charge is 0.115 e. The molecule has 0 spiro atoms. The summed E-state index contributed by atoms with van der Waals surface area (Å²) in [6.45, 7) is 5.12. The van der Waals surface area contributed by atoms with Gasteiger partial charge in [-0.05, 0) is 13.8 Å². The molecule has 2 saturated heterocycles. The van der Waals surface area contributed by atoms with E-state index in [1.165, 1.54) is 0 Å². The Morgan fingerprint density at radius 2 is 1.80 bits per heavy atom. The maximum absolute atomic E-state index is 13.3. The molecule has 88 valence electrons. The van der Waals surface area contributed by atoms with Crippen LogP contribution in [0.3, 0.4) is 0 Å². The molecular formula is C11H19F2NO. The highest BCUT2D eigenvalue weighted by Crippen LogP contribution is 2.41. The van der Waals surface area contributed by atoms with Crippen molar-refractivity contribution in [2.45, 2.75) is 50.7 Å². The van der Waals surface area contributed by atoms with Crippen LogP contribution in [0.5, 0.6) is 0 Å². The first kappa shape index (κ1) is 11.3. The summed E-state index contributed by atoms with van der Waals surface area (Å²) < 4.78 is 32.2. The summed E-state index contributed by atoms with van der Waals surface area (Å²) in [5.74, 6) is 0. The summed E-state index contributed by atoms with van der Waals surface area (Å²) in [5.41, 5.74) is -0.358. The SMILES string of the molecule is CC(C)OCC12CC(F)CN1C[C@H](F)C2. The van der Waals surface area contributed by atoms with Crippen LogP contribution in [0.4, 0.5) is 8.78 Å². The van der Waals surface area contributed by atoms with Gasteiger partial charge in [0.2, 0.25) is 0 Å². The predicted molar refractivity (Wildman–Crippen MR) is 54.4 cm³/mol. The minimum atomic E-state index is -0.812. The van der Waals surface area contributed by atoms with Gasteiger partial charge < -0.3 is 4.74 Å². The second-order valence-corrected chi connectivity index (χ2v) is 5.09. The number of alkyl halides is 2. The van der Waals surface area contributed by atoms with Crippen LogP contribution in [-0.4, -0.2) is 48.6 Å². The van der Waals surface area contributed by atoms with Gasteiger partial charge in [0, 0.05) is 25.9 Å². The molecule has 0 aromatic heterocycles. The fourth-order valence-corrected chi connectivity index (χ4v) is 2.77. The number of fused-ring (bicyclic) bond motifs is 1. The Hall–Kier alpha value is -0.220. The van der Waals surface area contributed by atoms with Crippen LogP contribution in [0.2, 0.25) is 0 Å². The molecule has 2 rings (SSSR count). The fourth-order valence-electron chi connectivity index (χ4n) is 2.77. The average molecular weight is 219 g/mol. The number of hydrogen-bond acceptors (Lipinski definition) is 2. The van der Waals surface area contributed by atoms with E-state index in [-0.39, 0.29) is 11.6 Å². The molecule has 3 atom stereocenters. The van der Waals surface area contributed by atoms with Crippen LogP contribution >= 0.6 is 0 Å². The van der Waals surface area contributed by atoms with Gasteiger partial charge in [-0.2, -0.15) is 0 Å². The van der Waals surface area contributed by atoms with Gasteiger partial charge in [-0.15, -0.1) is 0 Å². The quantitative estimate of drug-likeness (QED) is 0.719. The number of hydrogen-bond donors (Lipinski definition) is 0. The zero-order valence-electron chi connectivity index (χ0n) is 9.38. The fraction of sp³-hybridized carbons (Fsp3) is 1.00. The maximum Gasteiger partial charge on any atom is 0.115 e. The maximum atomic E-state index is 13.3. The third kappa shape index (κ3) is 2.16. The zero-order chi connectivity index (χ0) is 11.1. The van der Waals surface area contributed by atoms with Crippen molar-refractivity contribution in [3.05, 3.63) is 0 Å². The molecule has 4 heteroatoms. The summed E-state index contributed by atoms with van der Waals surface area (Å²) in [4.78, 5) is 1.94. The standard InChI is InChI=1S/C11H19F2NO/c1-8(2)15-7-11-3-9(12)5-14(11)6-10(13)4-11/h8-10H,3-7H2,1-2H3/t9-,10?,11?/m1/s1. The van der Waals surface area contributed by atoms with Crippen molar-refractivity contribution < 1.29 is 13.5 Å². The van der Waals surface area contributed by atoms with E-state index >= 15 is 0 Å². The normalized spacial score (nSPS) is 41.4. The average Bonchev–Trinajstić information content (AvgIpc) is 2.53. The summed E-state index contributed by atoms with van der Waals surface area (Å²) in [6.07, 6.45) is -0.639. The largest absolute Gasteiger partial charge is 0.377 e. The van der Waals surface area contributed by atoms with Crippen LogP contribution in [0.1, 0.15) is 26.7 Å². The molecule has 0 saturated carbocycles. The third-order valence-corrected chi connectivity index (χ3v) is 3.40. The van der Waals surface area contributed by atoms with E-state index in [2.05, 4.69) is 0 Å². The lowest BCUT2D eigenvalue weighted by molar-refractivity contribution is 0.00236. The summed E-state index contributed by atoms with van der Waals surface area (Å²) in [7, 11) is 0. The predicted octanol–water partition coefficient (Wildman–Crippen LogP) is 1.94. The Bertz CT molecular complexity index is 221. The minimum absolute atomic E-state index is 0.124. The van der Waals surface area contributed by atoms with Gasteiger partial charge in [0.05, 0.1) is 18.2 Å². The molecule has 2 unspecified atom stereocenters. The molecule has 0 bridgehead atoms. The molecule has 2 nitrogen and oxygen atoms in total. The van der Waals surface area contributed by atoms with Crippen LogP contribution < -0.4 is 0 Å². The highest BCUT2D eigenvalue weighted by atomic mass is 19.1.